The molecular weight excluding hydrogens is 328 g/mol. The van der Waals surface area contributed by atoms with Crippen molar-refractivity contribution in [3.05, 3.63) is 65.2 Å². The van der Waals surface area contributed by atoms with Crippen molar-refractivity contribution in [2.24, 2.45) is 10.3 Å². The van der Waals surface area contributed by atoms with Gasteiger partial charge in [-0.15, -0.1) is 0 Å². The fourth-order valence-electron chi connectivity index (χ4n) is 2.99. The fraction of sp³-hybridized carbons (Fsp3) is 0.176. The van der Waals surface area contributed by atoms with E-state index in [9.17, 15) is 9.59 Å². The molecule has 0 aromatic heterocycles. The maximum Gasteiger partial charge on any atom is 0.263 e. The Kier molecular flexibility index (Phi) is 3.54. The molecule has 0 aliphatic carbocycles. The van der Waals surface area contributed by atoms with Gasteiger partial charge in [0.25, 0.3) is 11.8 Å². The van der Waals surface area contributed by atoms with Crippen molar-refractivity contribution >= 4 is 29.1 Å². The van der Waals surface area contributed by atoms with Crippen LogP contribution < -0.4 is 4.90 Å². The Morgan fingerprint density at radius 3 is 2.42 bits per heavy atom. The Balaban J connectivity index is 1.62. The minimum Gasteiger partial charge on any atom is -0.271 e. The van der Waals surface area contributed by atoms with Crippen molar-refractivity contribution in [1.82, 2.24) is 5.01 Å². The van der Waals surface area contributed by atoms with Gasteiger partial charge in [0.05, 0.1) is 12.2 Å². The SMILES string of the molecule is O=C1[C@H]2N=NN(Cc3ccccc3Cl)[C@H]2C(=O)N1c1ccccc1. The highest BCUT2D eigenvalue weighted by atomic mass is 35.5. The maximum atomic E-state index is 12.8. The largest absolute Gasteiger partial charge is 0.271 e. The molecule has 4 rings (SSSR count). The summed E-state index contributed by atoms with van der Waals surface area (Å²) in [6.07, 6.45) is 0. The third-order valence-corrected chi connectivity index (χ3v) is 4.53. The van der Waals surface area contributed by atoms with Crippen LogP contribution in [0.3, 0.4) is 0 Å². The smallest absolute Gasteiger partial charge is 0.263 e. The molecule has 0 bridgehead atoms. The third kappa shape index (κ3) is 2.27. The molecule has 2 amide bonds. The van der Waals surface area contributed by atoms with Gasteiger partial charge in [-0.3, -0.25) is 14.6 Å². The zero-order chi connectivity index (χ0) is 16.7. The highest BCUT2D eigenvalue weighted by Crippen LogP contribution is 2.33. The number of hydrogen-bond donors (Lipinski definition) is 0. The second-order valence-corrected chi connectivity index (χ2v) is 6.04. The lowest BCUT2D eigenvalue weighted by atomic mass is 10.1. The minimum atomic E-state index is -0.791. The number of halogens is 1. The first-order chi connectivity index (χ1) is 11.7. The van der Waals surface area contributed by atoms with Gasteiger partial charge < -0.3 is 0 Å². The predicted octanol–water partition coefficient (Wildman–Crippen LogP) is 2.83. The number of para-hydroxylation sites is 1. The molecule has 24 heavy (non-hydrogen) atoms. The van der Waals surface area contributed by atoms with E-state index in [2.05, 4.69) is 10.3 Å². The van der Waals surface area contributed by atoms with Crippen LogP contribution in [0.25, 0.3) is 0 Å². The molecule has 1 fully saturated rings. The number of nitrogens with zero attached hydrogens (tertiary/aromatic N) is 4. The number of carbonyl (C=O) groups is 2. The number of carbonyl (C=O) groups excluding carboxylic acids is 2. The van der Waals surface area contributed by atoms with Crippen LogP contribution >= 0.6 is 11.6 Å². The second-order valence-electron chi connectivity index (χ2n) is 5.63. The van der Waals surface area contributed by atoms with Gasteiger partial charge in [0.15, 0.2) is 12.1 Å². The maximum absolute atomic E-state index is 12.8. The van der Waals surface area contributed by atoms with Gasteiger partial charge in [-0.2, -0.15) is 5.11 Å². The van der Waals surface area contributed by atoms with E-state index < -0.39 is 12.1 Å². The molecule has 0 saturated carbocycles. The Hall–Kier alpha value is -2.73. The molecule has 0 spiro atoms. The van der Waals surface area contributed by atoms with E-state index in [1.807, 2.05) is 24.3 Å². The van der Waals surface area contributed by atoms with Crippen LogP contribution in [0.5, 0.6) is 0 Å². The highest BCUT2D eigenvalue weighted by molar-refractivity contribution is 6.31. The molecule has 0 unspecified atom stereocenters. The summed E-state index contributed by atoms with van der Waals surface area (Å²) in [5.74, 6) is -0.658. The molecule has 2 aromatic carbocycles. The van der Waals surface area contributed by atoms with E-state index >= 15 is 0 Å². The Labute approximate surface area is 143 Å². The van der Waals surface area contributed by atoms with E-state index in [1.165, 1.54) is 9.91 Å². The minimum absolute atomic E-state index is 0.312. The monoisotopic (exact) mass is 340 g/mol. The number of amides is 2. The molecule has 7 heteroatoms. The van der Waals surface area contributed by atoms with Crippen LogP contribution in [0.2, 0.25) is 5.02 Å². The van der Waals surface area contributed by atoms with Crippen LogP contribution in [0.4, 0.5) is 5.69 Å². The number of anilines is 1. The fourth-order valence-corrected chi connectivity index (χ4v) is 3.18. The molecule has 2 aliphatic heterocycles. The van der Waals surface area contributed by atoms with Crippen LogP contribution in [0.15, 0.2) is 64.9 Å². The molecule has 0 radical (unpaired) electrons. The van der Waals surface area contributed by atoms with Gasteiger partial charge in [-0.05, 0) is 23.8 Å². The topological polar surface area (TPSA) is 65.3 Å². The van der Waals surface area contributed by atoms with Crippen molar-refractivity contribution in [3.8, 4) is 0 Å². The van der Waals surface area contributed by atoms with E-state index in [4.69, 9.17) is 11.6 Å². The molecule has 2 aliphatic rings. The summed E-state index contributed by atoms with van der Waals surface area (Å²) in [5.41, 5.74) is 1.38. The summed E-state index contributed by atoms with van der Waals surface area (Å²) in [6, 6.07) is 14.7. The predicted molar refractivity (Wildman–Crippen MR) is 88.4 cm³/mol. The first-order valence-electron chi connectivity index (χ1n) is 7.50. The summed E-state index contributed by atoms with van der Waals surface area (Å²) in [4.78, 5) is 26.5. The Bertz CT molecular complexity index is 839. The first kappa shape index (κ1) is 14.8. The van der Waals surface area contributed by atoms with Crippen LogP contribution in [-0.2, 0) is 16.1 Å². The highest BCUT2D eigenvalue weighted by Gasteiger charge is 2.54. The van der Waals surface area contributed by atoms with Gasteiger partial charge in [0.2, 0.25) is 0 Å². The summed E-state index contributed by atoms with van der Waals surface area (Å²) in [6.45, 7) is 0.325. The van der Waals surface area contributed by atoms with Gasteiger partial charge in [-0.1, -0.05) is 53.2 Å². The third-order valence-electron chi connectivity index (χ3n) is 4.16. The Morgan fingerprint density at radius 2 is 1.67 bits per heavy atom. The number of imide groups is 1. The molecule has 2 atom stereocenters. The average molecular weight is 341 g/mol. The lowest BCUT2D eigenvalue weighted by Crippen LogP contribution is -2.39. The van der Waals surface area contributed by atoms with Crippen LogP contribution in [-0.4, -0.2) is 28.9 Å². The lowest BCUT2D eigenvalue weighted by molar-refractivity contribution is -0.123. The number of hydrogen-bond acceptors (Lipinski definition) is 5. The summed E-state index contributed by atoms with van der Waals surface area (Å²) in [5, 5.41) is 10.2. The van der Waals surface area contributed by atoms with Crippen molar-refractivity contribution in [3.63, 3.8) is 0 Å². The second kappa shape index (κ2) is 5.72. The number of benzene rings is 2. The van der Waals surface area contributed by atoms with Crippen LogP contribution in [0.1, 0.15) is 5.56 Å². The molecule has 6 nitrogen and oxygen atoms in total. The summed E-state index contributed by atoms with van der Waals surface area (Å²) in [7, 11) is 0. The number of rotatable bonds is 3. The van der Waals surface area contributed by atoms with E-state index in [0.717, 1.165) is 5.56 Å². The van der Waals surface area contributed by atoms with Crippen LogP contribution in [0, 0.1) is 0 Å². The zero-order valence-corrected chi connectivity index (χ0v) is 13.3. The van der Waals surface area contributed by atoms with Crippen molar-refractivity contribution in [1.29, 1.82) is 0 Å². The summed E-state index contributed by atoms with van der Waals surface area (Å²) >= 11 is 6.17. The normalized spacial score (nSPS) is 22.4. The molecule has 2 heterocycles. The van der Waals surface area contributed by atoms with Crippen molar-refractivity contribution in [2.45, 2.75) is 18.6 Å². The van der Waals surface area contributed by atoms with Crippen molar-refractivity contribution < 1.29 is 9.59 Å². The zero-order valence-electron chi connectivity index (χ0n) is 12.5. The Morgan fingerprint density at radius 1 is 0.958 bits per heavy atom. The number of fused-ring (bicyclic) bond motifs is 1. The van der Waals surface area contributed by atoms with E-state index in [1.54, 1.807) is 30.3 Å². The van der Waals surface area contributed by atoms with Gasteiger partial charge in [0.1, 0.15) is 0 Å². The molecule has 120 valence electrons. The molecular formula is C17H13ClN4O2. The molecule has 0 N–H and O–H groups in total. The van der Waals surface area contributed by atoms with E-state index in [0.29, 0.717) is 17.3 Å². The average Bonchev–Trinajstić information content (AvgIpc) is 3.11. The summed E-state index contributed by atoms with van der Waals surface area (Å²) < 4.78 is 0. The van der Waals surface area contributed by atoms with Gasteiger partial charge in [0, 0.05) is 5.02 Å². The molecule has 2 aromatic rings. The van der Waals surface area contributed by atoms with Crippen molar-refractivity contribution in [2.75, 3.05) is 4.90 Å². The first-order valence-corrected chi connectivity index (χ1v) is 7.88. The van der Waals surface area contributed by atoms with E-state index in [-0.39, 0.29) is 11.8 Å². The molecule has 1 saturated heterocycles. The standard InChI is InChI=1S/C17H13ClN4O2/c18-13-9-5-4-6-11(13)10-21-15-14(19-20-21)16(23)22(17(15)24)12-7-2-1-3-8-12/h1-9,14-15H,10H2/t14-,15+/m0/s1. The lowest BCUT2D eigenvalue weighted by Gasteiger charge is -2.21. The van der Waals surface area contributed by atoms with Gasteiger partial charge in [-0.25, -0.2) is 4.90 Å². The van der Waals surface area contributed by atoms with Gasteiger partial charge >= 0.3 is 0 Å². The quantitative estimate of drug-likeness (QED) is 0.807.